The summed E-state index contributed by atoms with van der Waals surface area (Å²) in [6.45, 7) is 2.57. The smallest absolute Gasteiger partial charge is 0.316 e. The van der Waals surface area contributed by atoms with Gasteiger partial charge in [0.2, 0.25) is 0 Å². The fraction of sp³-hybridized carbons (Fsp3) is 0.667. The van der Waals surface area contributed by atoms with Crippen molar-refractivity contribution in [3.8, 4) is 0 Å². The predicted octanol–water partition coefficient (Wildman–Crippen LogP) is 0.531. The molecule has 1 rings (SSSR count). The van der Waals surface area contributed by atoms with Gasteiger partial charge in [-0.25, -0.2) is 0 Å². The van der Waals surface area contributed by atoms with Crippen LogP contribution in [0.3, 0.4) is 0 Å². The molecule has 0 heterocycles. The Morgan fingerprint density at radius 1 is 1.07 bits per heavy atom. The standard InChI is InChI=1S/C9H12O5/c1-8(6(11)12)3-4-9(2,5(8)10)7(13)14/h3-4H2,1-2H3,(H,11,12)(H,13,14)/t8-,9+. The van der Waals surface area contributed by atoms with E-state index in [9.17, 15) is 14.4 Å². The zero-order chi connectivity index (χ0) is 11.1. The van der Waals surface area contributed by atoms with E-state index in [0.717, 1.165) is 0 Å². The zero-order valence-corrected chi connectivity index (χ0v) is 8.03. The number of ketones is 1. The van der Waals surface area contributed by atoms with Crippen molar-refractivity contribution in [1.29, 1.82) is 0 Å². The molecular formula is C9H12O5. The van der Waals surface area contributed by atoms with Crippen LogP contribution in [-0.2, 0) is 14.4 Å². The highest BCUT2D eigenvalue weighted by atomic mass is 16.4. The Labute approximate surface area is 80.7 Å². The fourth-order valence-corrected chi connectivity index (χ4v) is 1.74. The lowest BCUT2D eigenvalue weighted by atomic mass is 9.80. The molecule has 1 aliphatic rings. The first-order valence-corrected chi connectivity index (χ1v) is 4.27. The van der Waals surface area contributed by atoms with Crippen molar-refractivity contribution in [3.63, 3.8) is 0 Å². The van der Waals surface area contributed by atoms with Crippen LogP contribution in [0, 0.1) is 10.8 Å². The highest BCUT2D eigenvalue weighted by molar-refractivity contribution is 6.15. The van der Waals surface area contributed by atoms with E-state index in [0.29, 0.717) is 0 Å². The Morgan fingerprint density at radius 3 is 1.50 bits per heavy atom. The van der Waals surface area contributed by atoms with E-state index in [2.05, 4.69) is 0 Å². The number of Topliss-reactive ketones (excluding diaryl/α,β-unsaturated/α-hetero) is 1. The quantitative estimate of drug-likeness (QED) is 0.634. The summed E-state index contributed by atoms with van der Waals surface area (Å²) in [6.07, 6.45) is 0.175. The number of rotatable bonds is 2. The number of carboxylic acids is 2. The van der Waals surface area contributed by atoms with E-state index >= 15 is 0 Å². The lowest BCUT2D eigenvalue weighted by Gasteiger charge is -2.20. The maximum Gasteiger partial charge on any atom is 0.316 e. The maximum absolute atomic E-state index is 11.7. The van der Waals surface area contributed by atoms with E-state index in [1.54, 1.807) is 0 Å². The van der Waals surface area contributed by atoms with Gasteiger partial charge >= 0.3 is 11.9 Å². The number of hydrogen-bond donors (Lipinski definition) is 2. The minimum Gasteiger partial charge on any atom is -0.481 e. The molecule has 78 valence electrons. The second kappa shape index (κ2) is 2.80. The fourth-order valence-electron chi connectivity index (χ4n) is 1.74. The molecule has 1 fully saturated rings. The third-order valence-electron chi connectivity index (χ3n) is 3.07. The minimum atomic E-state index is -1.53. The van der Waals surface area contributed by atoms with Gasteiger partial charge in [-0.3, -0.25) is 14.4 Å². The third-order valence-corrected chi connectivity index (χ3v) is 3.07. The van der Waals surface area contributed by atoms with Crippen LogP contribution < -0.4 is 0 Å². The molecule has 0 aliphatic heterocycles. The first kappa shape index (κ1) is 10.7. The molecule has 2 atom stereocenters. The highest BCUT2D eigenvalue weighted by Gasteiger charge is 2.59. The first-order valence-electron chi connectivity index (χ1n) is 4.27. The Balaban J connectivity index is 3.12. The molecule has 0 saturated heterocycles. The molecule has 5 heteroatoms. The molecule has 0 radical (unpaired) electrons. The van der Waals surface area contributed by atoms with Gasteiger partial charge in [0.15, 0.2) is 5.78 Å². The largest absolute Gasteiger partial charge is 0.481 e. The second-order valence-electron chi connectivity index (χ2n) is 4.10. The van der Waals surface area contributed by atoms with Gasteiger partial charge in [0, 0.05) is 0 Å². The Morgan fingerprint density at radius 2 is 1.36 bits per heavy atom. The van der Waals surface area contributed by atoms with Crippen LogP contribution in [0.4, 0.5) is 0 Å². The van der Waals surface area contributed by atoms with Gasteiger partial charge in [-0.05, 0) is 26.7 Å². The van der Waals surface area contributed by atoms with E-state index < -0.39 is 28.6 Å². The number of carbonyl (C=O) groups excluding carboxylic acids is 1. The highest BCUT2D eigenvalue weighted by Crippen LogP contribution is 2.46. The molecule has 14 heavy (non-hydrogen) atoms. The summed E-state index contributed by atoms with van der Waals surface area (Å²) >= 11 is 0. The van der Waals surface area contributed by atoms with Gasteiger partial charge in [-0.15, -0.1) is 0 Å². The van der Waals surface area contributed by atoms with Gasteiger partial charge in [0.25, 0.3) is 0 Å². The Bertz CT molecular complexity index is 291. The molecule has 0 spiro atoms. The van der Waals surface area contributed by atoms with Crippen molar-refractivity contribution in [1.82, 2.24) is 0 Å². The molecule has 0 aromatic rings. The van der Waals surface area contributed by atoms with E-state index in [-0.39, 0.29) is 12.8 Å². The molecule has 1 aliphatic carbocycles. The molecule has 2 N–H and O–H groups in total. The van der Waals surface area contributed by atoms with E-state index in [1.165, 1.54) is 13.8 Å². The summed E-state index contributed by atoms with van der Waals surface area (Å²) < 4.78 is 0. The molecule has 5 nitrogen and oxygen atoms in total. The SMILES string of the molecule is C[C@@]1(C(=O)O)CC[C@](C)(C(=O)O)C1=O. The summed E-state index contributed by atoms with van der Waals surface area (Å²) in [5.74, 6) is -3.19. The summed E-state index contributed by atoms with van der Waals surface area (Å²) in [5, 5.41) is 17.7. The number of aliphatic carboxylic acids is 2. The molecule has 0 aromatic carbocycles. The zero-order valence-electron chi connectivity index (χ0n) is 8.03. The Kier molecular flexibility index (Phi) is 2.14. The van der Waals surface area contributed by atoms with Crippen molar-refractivity contribution in [3.05, 3.63) is 0 Å². The number of carboxylic acid groups (broad SMARTS) is 2. The summed E-state index contributed by atoms with van der Waals surface area (Å²) in [4.78, 5) is 33.3. The average molecular weight is 200 g/mol. The molecule has 0 bridgehead atoms. The summed E-state index contributed by atoms with van der Waals surface area (Å²) in [5.41, 5.74) is -3.07. The Hall–Kier alpha value is -1.39. The minimum absolute atomic E-state index is 0.0873. The van der Waals surface area contributed by atoms with Crippen LogP contribution in [0.1, 0.15) is 26.7 Å². The van der Waals surface area contributed by atoms with Crippen LogP contribution >= 0.6 is 0 Å². The molecular weight excluding hydrogens is 188 g/mol. The lowest BCUT2D eigenvalue weighted by molar-refractivity contribution is -0.158. The van der Waals surface area contributed by atoms with Crippen molar-refractivity contribution in [2.75, 3.05) is 0 Å². The molecule has 1 saturated carbocycles. The first-order chi connectivity index (χ1) is 6.25. The molecule has 0 aromatic heterocycles. The van der Waals surface area contributed by atoms with Crippen LogP contribution in [0.2, 0.25) is 0 Å². The monoisotopic (exact) mass is 200 g/mol. The molecule has 0 amide bonds. The van der Waals surface area contributed by atoms with Gasteiger partial charge in [-0.2, -0.15) is 0 Å². The summed E-state index contributed by atoms with van der Waals surface area (Å²) in [6, 6.07) is 0. The van der Waals surface area contributed by atoms with Gasteiger partial charge in [0.05, 0.1) is 0 Å². The van der Waals surface area contributed by atoms with Crippen molar-refractivity contribution >= 4 is 17.7 Å². The van der Waals surface area contributed by atoms with Crippen molar-refractivity contribution < 1.29 is 24.6 Å². The predicted molar refractivity (Wildman–Crippen MR) is 45.7 cm³/mol. The van der Waals surface area contributed by atoms with Crippen LogP contribution in [0.5, 0.6) is 0 Å². The lowest BCUT2D eigenvalue weighted by Crippen LogP contribution is -2.41. The number of hydrogen-bond acceptors (Lipinski definition) is 3. The maximum atomic E-state index is 11.7. The van der Waals surface area contributed by atoms with E-state index in [1.807, 2.05) is 0 Å². The normalized spacial score (nSPS) is 37.1. The van der Waals surface area contributed by atoms with Gasteiger partial charge in [0.1, 0.15) is 10.8 Å². The topological polar surface area (TPSA) is 91.7 Å². The van der Waals surface area contributed by atoms with Crippen LogP contribution in [0.15, 0.2) is 0 Å². The average Bonchev–Trinajstić information content (AvgIpc) is 2.32. The van der Waals surface area contributed by atoms with Crippen LogP contribution in [0.25, 0.3) is 0 Å². The number of carbonyl (C=O) groups is 3. The van der Waals surface area contributed by atoms with E-state index in [4.69, 9.17) is 10.2 Å². The van der Waals surface area contributed by atoms with Gasteiger partial charge in [-0.1, -0.05) is 0 Å². The van der Waals surface area contributed by atoms with Crippen molar-refractivity contribution in [2.24, 2.45) is 10.8 Å². The molecule has 0 unspecified atom stereocenters. The second-order valence-corrected chi connectivity index (χ2v) is 4.10. The third kappa shape index (κ3) is 1.12. The van der Waals surface area contributed by atoms with Crippen LogP contribution in [-0.4, -0.2) is 27.9 Å². The van der Waals surface area contributed by atoms with Crippen molar-refractivity contribution in [2.45, 2.75) is 26.7 Å². The summed E-state index contributed by atoms with van der Waals surface area (Å²) in [7, 11) is 0. The van der Waals surface area contributed by atoms with Gasteiger partial charge < -0.3 is 10.2 Å².